The van der Waals surface area contributed by atoms with Gasteiger partial charge in [-0.2, -0.15) is 0 Å². The van der Waals surface area contributed by atoms with Crippen LogP contribution in [0.3, 0.4) is 0 Å². The molecule has 0 spiro atoms. The molecule has 1 heterocycles. The number of hydrogen-bond donors (Lipinski definition) is 2. The van der Waals surface area contributed by atoms with Gasteiger partial charge in [0.15, 0.2) is 0 Å². The lowest BCUT2D eigenvalue weighted by molar-refractivity contribution is -0.127. The summed E-state index contributed by atoms with van der Waals surface area (Å²) in [5.74, 6) is -0.262. The number of halogens is 1. The molecular weight excluding hydrogens is 405 g/mol. The maximum atomic E-state index is 13.1. The van der Waals surface area contributed by atoms with E-state index in [0.717, 1.165) is 56.6 Å². The topological polar surface area (TPSA) is 61.4 Å². The van der Waals surface area contributed by atoms with Gasteiger partial charge in [-0.15, -0.1) is 0 Å². The molecule has 2 fully saturated rings. The number of anilines is 1. The average Bonchev–Trinajstić information content (AvgIpc) is 2.81. The molecule has 0 unspecified atom stereocenters. The van der Waals surface area contributed by atoms with Gasteiger partial charge in [-0.05, 0) is 80.7 Å². The molecule has 5 nitrogen and oxygen atoms in total. The molecular formula is C26H32FN3O2. The molecule has 2 aliphatic rings. The first-order chi connectivity index (χ1) is 15.6. The van der Waals surface area contributed by atoms with Gasteiger partial charge in [0.2, 0.25) is 5.91 Å². The number of nitrogens with one attached hydrogen (secondary N) is 2. The summed E-state index contributed by atoms with van der Waals surface area (Å²) < 4.78 is 13.1. The van der Waals surface area contributed by atoms with Crippen LogP contribution in [0, 0.1) is 11.7 Å². The smallest absolute Gasteiger partial charge is 0.255 e. The Labute approximate surface area is 189 Å². The summed E-state index contributed by atoms with van der Waals surface area (Å²) in [6, 6.07) is 13.7. The van der Waals surface area contributed by atoms with Gasteiger partial charge in [-0.3, -0.25) is 14.5 Å². The van der Waals surface area contributed by atoms with E-state index in [1.54, 1.807) is 0 Å². The summed E-state index contributed by atoms with van der Waals surface area (Å²) in [5.41, 5.74) is 2.26. The Balaban J connectivity index is 1.25. The molecule has 2 amide bonds. The fourth-order valence-corrected chi connectivity index (χ4v) is 4.73. The third kappa shape index (κ3) is 6.16. The Morgan fingerprint density at radius 1 is 0.938 bits per heavy atom. The minimum absolute atomic E-state index is 0.120. The van der Waals surface area contributed by atoms with E-state index in [0.29, 0.717) is 11.6 Å². The zero-order valence-electron chi connectivity index (χ0n) is 18.5. The fourth-order valence-electron chi connectivity index (χ4n) is 4.73. The van der Waals surface area contributed by atoms with E-state index in [1.807, 2.05) is 18.2 Å². The van der Waals surface area contributed by atoms with Gasteiger partial charge in [0, 0.05) is 29.8 Å². The Morgan fingerprint density at radius 3 is 2.38 bits per heavy atom. The van der Waals surface area contributed by atoms with Gasteiger partial charge in [-0.1, -0.05) is 31.4 Å². The van der Waals surface area contributed by atoms with Crippen molar-refractivity contribution >= 4 is 17.5 Å². The SMILES string of the molecule is O=C(Nc1cccc(CN2CCC(C(=O)NC3CCCCC3)CC2)c1)c1ccc(F)cc1. The second-order valence-corrected chi connectivity index (χ2v) is 9.06. The molecule has 6 heteroatoms. The van der Waals surface area contributed by atoms with Crippen LogP contribution >= 0.6 is 0 Å². The standard InChI is InChI=1S/C26H32FN3O2/c27-22-11-9-20(10-12-22)25(31)29-24-8-4-5-19(17-24)18-30-15-13-21(14-16-30)26(32)28-23-6-2-1-3-7-23/h4-5,8-12,17,21,23H,1-3,6-7,13-16,18H2,(H,28,32)(H,29,31). The van der Waals surface area contributed by atoms with Crippen molar-refractivity contribution < 1.29 is 14.0 Å². The van der Waals surface area contributed by atoms with Crippen molar-refractivity contribution in [3.8, 4) is 0 Å². The predicted molar refractivity (Wildman–Crippen MR) is 124 cm³/mol. The highest BCUT2D eigenvalue weighted by Crippen LogP contribution is 2.23. The molecule has 1 saturated carbocycles. The van der Waals surface area contributed by atoms with Gasteiger partial charge in [0.25, 0.3) is 5.91 Å². The van der Waals surface area contributed by atoms with Gasteiger partial charge >= 0.3 is 0 Å². The van der Waals surface area contributed by atoms with Crippen LogP contribution in [0.1, 0.15) is 60.9 Å². The molecule has 0 radical (unpaired) electrons. The molecule has 4 rings (SSSR count). The maximum absolute atomic E-state index is 13.1. The van der Waals surface area contributed by atoms with E-state index < -0.39 is 0 Å². The number of piperidine rings is 1. The Hall–Kier alpha value is -2.73. The first-order valence-corrected chi connectivity index (χ1v) is 11.8. The van der Waals surface area contributed by atoms with E-state index in [4.69, 9.17) is 0 Å². The predicted octanol–water partition coefficient (Wildman–Crippen LogP) is 4.74. The van der Waals surface area contributed by atoms with E-state index >= 15 is 0 Å². The highest BCUT2D eigenvalue weighted by atomic mass is 19.1. The molecule has 0 bridgehead atoms. The first-order valence-electron chi connectivity index (χ1n) is 11.8. The molecule has 2 aromatic carbocycles. The molecule has 1 saturated heterocycles. The lowest BCUT2D eigenvalue weighted by Gasteiger charge is -2.32. The van der Waals surface area contributed by atoms with Gasteiger partial charge < -0.3 is 10.6 Å². The third-order valence-corrected chi connectivity index (χ3v) is 6.61. The Morgan fingerprint density at radius 2 is 1.66 bits per heavy atom. The number of rotatable bonds is 6. The van der Waals surface area contributed by atoms with Crippen LogP contribution in [0.4, 0.5) is 10.1 Å². The maximum Gasteiger partial charge on any atom is 0.255 e. The van der Waals surface area contributed by atoms with Gasteiger partial charge in [-0.25, -0.2) is 4.39 Å². The highest BCUT2D eigenvalue weighted by molar-refractivity contribution is 6.04. The largest absolute Gasteiger partial charge is 0.353 e. The quantitative estimate of drug-likeness (QED) is 0.686. The van der Waals surface area contributed by atoms with Crippen LogP contribution < -0.4 is 10.6 Å². The summed E-state index contributed by atoms with van der Waals surface area (Å²) in [6.07, 6.45) is 7.78. The number of likely N-dealkylation sites (tertiary alicyclic amines) is 1. The van der Waals surface area contributed by atoms with Crippen molar-refractivity contribution in [2.24, 2.45) is 5.92 Å². The van der Waals surface area contributed by atoms with Crippen LogP contribution in [0.2, 0.25) is 0 Å². The molecule has 0 atom stereocenters. The van der Waals surface area contributed by atoms with Crippen LogP contribution in [-0.4, -0.2) is 35.8 Å². The average molecular weight is 438 g/mol. The van der Waals surface area contributed by atoms with Crippen molar-refractivity contribution in [3.05, 3.63) is 65.5 Å². The minimum Gasteiger partial charge on any atom is -0.353 e. The normalized spacial score (nSPS) is 18.3. The summed E-state index contributed by atoms with van der Waals surface area (Å²) >= 11 is 0. The summed E-state index contributed by atoms with van der Waals surface area (Å²) in [4.78, 5) is 27.4. The fraction of sp³-hybridized carbons (Fsp3) is 0.462. The minimum atomic E-state index is -0.362. The van der Waals surface area contributed by atoms with Crippen molar-refractivity contribution in [2.45, 2.75) is 57.5 Å². The van der Waals surface area contributed by atoms with E-state index in [2.05, 4.69) is 21.6 Å². The van der Waals surface area contributed by atoms with Gasteiger partial charge in [0.1, 0.15) is 5.82 Å². The molecule has 170 valence electrons. The third-order valence-electron chi connectivity index (χ3n) is 6.61. The van der Waals surface area contributed by atoms with Crippen LogP contribution in [0.15, 0.2) is 48.5 Å². The Kier molecular flexibility index (Phi) is 7.53. The van der Waals surface area contributed by atoms with E-state index in [-0.39, 0.29) is 23.5 Å². The highest BCUT2D eigenvalue weighted by Gasteiger charge is 2.27. The van der Waals surface area contributed by atoms with E-state index in [9.17, 15) is 14.0 Å². The number of benzene rings is 2. The summed E-state index contributed by atoms with van der Waals surface area (Å²) in [6.45, 7) is 2.58. The van der Waals surface area contributed by atoms with Crippen LogP contribution in [0.5, 0.6) is 0 Å². The molecule has 1 aliphatic heterocycles. The van der Waals surface area contributed by atoms with Crippen LogP contribution in [0.25, 0.3) is 0 Å². The first kappa shape index (κ1) is 22.5. The lowest BCUT2D eigenvalue weighted by Crippen LogP contribution is -2.44. The second-order valence-electron chi connectivity index (χ2n) is 9.06. The van der Waals surface area contributed by atoms with Crippen molar-refractivity contribution in [1.29, 1.82) is 0 Å². The second kappa shape index (κ2) is 10.7. The van der Waals surface area contributed by atoms with Crippen molar-refractivity contribution in [2.75, 3.05) is 18.4 Å². The number of hydrogen-bond acceptors (Lipinski definition) is 3. The van der Waals surface area contributed by atoms with Crippen molar-refractivity contribution in [3.63, 3.8) is 0 Å². The monoisotopic (exact) mass is 437 g/mol. The molecule has 2 aromatic rings. The van der Waals surface area contributed by atoms with Crippen LogP contribution in [-0.2, 0) is 11.3 Å². The number of nitrogens with zero attached hydrogens (tertiary/aromatic N) is 1. The molecule has 0 aromatic heterocycles. The lowest BCUT2D eigenvalue weighted by atomic mass is 9.92. The van der Waals surface area contributed by atoms with Gasteiger partial charge in [0.05, 0.1) is 0 Å². The summed E-state index contributed by atoms with van der Waals surface area (Å²) in [7, 11) is 0. The number of carbonyl (C=O) groups is 2. The number of carbonyl (C=O) groups excluding carboxylic acids is 2. The Bertz CT molecular complexity index is 917. The zero-order valence-corrected chi connectivity index (χ0v) is 18.5. The van der Waals surface area contributed by atoms with E-state index in [1.165, 1.54) is 43.5 Å². The molecule has 32 heavy (non-hydrogen) atoms. The molecule has 1 aliphatic carbocycles. The zero-order chi connectivity index (χ0) is 22.3. The van der Waals surface area contributed by atoms with Crippen molar-refractivity contribution in [1.82, 2.24) is 10.2 Å². The molecule has 2 N–H and O–H groups in total. The summed E-state index contributed by atoms with van der Waals surface area (Å²) in [5, 5.41) is 6.16. The number of amides is 2.